The second-order valence-corrected chi connectivity index (χ2v) is 12.7. The summed E-state index contributed by atoms with van der Waals surface area (Å²) in [7, 11) is 0. The lowest BCUT2D eigenvalue weighted by Crippen LogP contribution is -2.32. The minimum absolute atomic E-state index is 0.622. The van der Waals surface area contributed by atoms with Crippen molar-refractivity contribution in [3.05, 3.63) is 192 Å². The number of benzene rings is 8. The summed E-state index contributed by atoms with van der Waals surface area (Å²) in [4.78, 5) is 0. The van der Waals surface area contributed by atoms with Gasteiger partial charge in [-0.15, -0.1) is 0 Å². The van der Waals surface area contributed by atoms with Crippen molar-refractivity contribution in [3.8, 4) is 50.9 Å². The van der Waals surface area contributed by atoms with Gasteiger partial charge >= 0.3 is 0 Å². The first kappa shape index (κ1) is 26.8. The Morgan fingerprint density at radius 2 is 0.938 bits per heavy atom. The molecule has 0 N–H and O–H groups in total. The minimum atomic E-state index is -0.622. The van der Waals surface area contributed by atoms with E-state index in [9.17, 15) is 5.26 Å². The van der Waals surface area contributed by atoms with Crippen molar-refractivity contribution in [1.82, 2.24) is 0 Å². The monoisotopic (exact) mass is 609 g/mol. The lowest BCUT2D eigenvalue weighted by molar-refractivity contribution is 0.436. The molecule has 0 aromatic heterocycles. The van der Waals surface area contributed by atoms with Crippen molar-refractivity contribution in [1.29, 1.82) is 5.26 Å². The van der Waals surface area contributed by atoms with Gasteiger partial charge in [0.15, 0.2) is 0 Å². The van der Waals surface area contributed by atoms with Crippen LogP contribution in [0.3, 0.4) is 0 Å². The Kier molecular flexibility index (Phi) is 5.59. The predicted molar refractivity (Wildman–Crippen MR) is 194 cm³/mol. The molecule has 0 atom stereocenters. The van der Waals surface area contributed by atoms with Gasteiger partial charge < -0.3 is 4.74 Å². The zero-order valence-corrected chi connectivity index (χ0v) is 25.9. The van der Waals surface area contributed by atoms with Gasteiger partial charge in [-0.3, -0.25) is 0 Å². The first-order valence-corrected chi connectivity index (χ1v) is 16.3. The summed E-state index contributed by atoms with van der Waals surface area (Å²) in [5.41, 5.74) is 11.4. The van der Waals surface area contributed by atoms with E-state index in [1.165, 1.54) is 43.8 Å². The van der Waals surface area contributed by atoms with Gasteiger partial charge in [-0.05, 0) is 84.8 Å². The summed E-state index contributed by atoms with van der Waals surface area (Å²) < 4.78 is 6.52. The summed E-state index contributed by atoms with van der Waals surface area (Å²) in [6.07, 6.45) is 0. The van der Waals surface area contributed by atoms with E-state index in [2.05, 4.69) is 146 Å². The van der Waals surface area contributed by atoms with E-state index in [-0.39, 0.29) is 0 Å². The van der Waals surface area contributed by atoms with E-state index < -0.39 is 5.41 Å². The number of para-hydroxylation sites is 2. The minimum Gasteiger partial charge on any atom is -0.457 e. The SMILES string of the molecule is N#Cc1cccc2c1-c1cc(-c3c4ccccc4c(-c4ccccc4)c4ccccc34)ccc1C21c2ccccc2Oc2ccccc21. The van der Waals surface area contributed by atoms with Crippen LogP contribution in [0.15, 0.2) is 164 Å². The molecule has 10 rings (SSSR count). The molecule has 0 unspecified atom stereocenters. The third kappa shape index (κ3) is 3.45. The lowest BCUT2D eigenvalue weighted by Gasteiger charge is -2.39. The van der Waals surface area contributed by atoms with E-state index in [0.717, 1.165) is 44.9 Å². The zero-order valence-electron chi connectivity index (χ0n) is 25.9. The number of ether oxygens (including phenoxy) is 1. The third-order valence-electron chi connectivity index (χ3n) is 10.4. The van der Waals surface area contributed by atoms with Crippen molar-refractivity contribution in [2.45, 2.75) is 5.41 Å². The quantitative estimate of drug-likeness (QED) is 0.183. The Bertz CT molecular complexity index is 2560. The number of hydrogen-bond acceptors (Lipinski definition) is 2. The van der Waals surface area contributed by atoms with Crippen LogP contribution in [0.5, 0.6) is 11.5 Å². The molecule has 1 aliphatic carbocycles. The standard InChI is InChI=1S/C46H27NO/c47-28-31-15-12-22-40-45(31)36-27-30(25-26-37(36)46(40)38-20-8-10-23-41(38)48-42-24-11-9-21-39(42)46)44-34-18-6-4-16-32(34)43(29-13-2-1-3-14-29)33-17-5-7-19-35(33)44/h1-27H. The molecular formula is C46H27NO. The van der Waals surface area contributed by atoms with Crippen LogP contribution in [0, 0.1) is 11.3 Å². The van der Waals surface area contributed by atoms with Gasteiger partial charge in [-0.2, -0.15) is 5.26 Å². The molecule has 0 saturated carbocycles. The van der Waals surface area contributed by atoms with Crippen molar-refractivity contribution in [3.63, 3.8) is 0 Å². The molecule has 0 amide bonds. The van der Waals surface area contributed by atoms with E-state index in [0.29, 0.717) is 5.56 Å². The summed E-state index contributed by atoms with van der Waals surface area (Å²) >= 11 is 0. The van der Waals surface area contributed by atoms with Gasteiger partial charge in [0, 0.05) is 16.7 Å². The van der Waals surface area contributed by atoms with Crippen LogP contribution in [-0.4, -0.2) is 0 Å². The molecule has 2 heteroatoms. The number of nitrogens with zero attached hydrogens (tertiary/aromatic N) is 1. The molecule has 0 fully saturated rings. The van der Waals surface area contributed by atoms with E-state index in [1.54, 1.807) is 0 Å². The first-order chi connectivity index (χ1) is 23.8. The number of nitriles is 1. The normalized spacial score (nSPS) is 13.3. The Morgan fingerprint density at radius 3 is 1.54 bits per heavy atom. The molecule has 2 aliphatic rings. The van der Waals surface area contributed by atoms with Crippen LogP contribution in [-0.2, 0) is 5.41 Å². The summed E-state index contributed by atoms with van der Waals surface area (Å²) in [6, 6.07) is 60.6. The molecule has 2 nitrogen and oxygen atoms in total. The maximum absolute atomic E-state index is 10.5. The van der Waals surface area contributed by atoms with Gasteiger partial charge in [0.05, 0.1) is 17.0 Å². The molecule has 0 radical (unpaired) electrons. The maximum Gasteiger partial charge on any atom is 0.132 e. The highest BCUT2D eigenvalue weighted by Crippen LogP contribution is 2.63. The Labute approximate surface area is 278 Å². The third-order valence-corrected chi connectivity index (χ3v) is 10.4. The zero-order chi connectivity index (χ0) is 31.8. The van der Waals surface area contributed by atoms with Crippen LogP contribution in [0.25, 0.3) is 54.9 Å². The second-order valence-electron chi connectivity index (χ2n) is 12.7. The number of fused-ring (bicyclic) bond motifs is 11. The van der Waals surface area contributed by atoms with E-state index >= 15 is 0 Å². The fourth-order valence-electron chi connectivity index (χ4n) is 8.56. The molecule has 8 aromatic carbocycles. The number of hydrogen-bond donors (Lipinski definition) is 0. The van der Waals surface area contributed by atoms with Crippen molar-refractivity contribution in [2.24, 2.45) is 0 Å². The van der Waals surface area contributed by atoms with Gasteiger partial charge in [-0.1, -0.05) is 140 Å². The van der Waals surface area contributed by atoms with Crippen molar-refractivity contribution >= 4 is 21.5 Å². The topological polar surface area (TPSA) is 33.0 Å². The highest BCUT2D eigenvalue weighted by Gasteiger charge is 2.51. The molecular weight excluding hydrogens is 583 g/mol. The predicted octanol–water partition coefficient (Wildman–Crippen LogP) is 11.7. The molecule has 0 saturated heterocycles. The molecule has 222 valence electrons. The Hall–Kier alpha value is -6.43. The smallest absolute Gasteiger partial charge is 0.132 e. The summed E-state index contributed by atoms with van der Waals surface area (Å²) in [6.45, 7) is 0. The van der Waals surface area contributed by atoms with E-state index in [1.807, 2.05) is 24.3 Å². The Balaban J connectivity index is 1.33. The van der Waals surface area contributed by atoms with Crippen LogP contribution < -0.4 is 4.74 Å². The first-order valence-electron chi connectivity index (χ1n) is 16.3. The summed E-state index contributed by atoms with van der Waals surface area (Å²) in [5.74, 6) is 1.69. The highest BCUT2D eigenvalue weighted by molar-refractivity contribution is 6.21. The van der Waals surface area contributed by atoms with Crippen LogP contribution >= 0.6 is 0 Å². The van der Waals surface area contributed by atoms with Crippen LogP contribution in [0.4, 0.5) is 0 Å². The van der Waals surface area contributed by atoms with Crippen LogP contribution in [0.1, 0.15) is 27.8 Å². The highest BCUT2D eigenvalue weighted by atomic mass is 16.5. The van der Waals surface area contributed by atoms with Crippen LogP contribution in [0.2, 0.25) is 0 Å². The fourth-order valence-corrected chi connectivity index (χ4v) is 8.56. The molecule has 0 bridgehead atoms. The van der Waals surface area contributed by atoms with E-state index in [4.69, 9.17) is 4.74 Å². The Morgan fingerprint density at radius 1 is 0.417 bits per heavy atom. The molecule has 1 heterocycles. The summed E-state index contributed by atoms with van der Waals surface area (Å²) in [5, 5.41) is 15.4. The fraction of sp³-hybridized carbons (Fsp3) is 0.0217. The average Bonchev–Trinajstić information content (AvgIpc) is 3.44. The number of rotatable bonds is 2. The van der Waals surface area contributed by atoms with Gasteiger partial charge in [0.2, 0.25) is 0 Å². The second kappa shape index (κ2) is 10.0. The largest absolute Gasteiger partial charge is 0.457 e. The van der Waals surface area contributed by atoms with Gasteiger partial charge in [0.25, 0.3) is 0 Å². The lowest BCUT2D eigenvalue weighted by atomic mass is 9.66. The van der Waals surface area contributed by atoms with Gasteiger partial charge in [0.1, 0.15) is 11.5 Å². The van der Waals surface area contributed by atoms with Gasteiger partial charge in [-0.25, -0.2) is 0 Å². The van der Waals surface area contributed by atoms with Crippen molar-refractivity contribution in [2.75, 3.05) is 0 Å². The molecule has 8 aromatic rings. The van der Waals surface area contributed by atoms with Crippen molar-refractivity contribution < 1.29 is 4.74 Å². The molecule has 1 aliphatic heterocycles. The molecule has 48 heavy (non-hydrogen) atoms. The maximum atomic E-state index is 10.5. The molecule has 1 spiro atoms. The average molecular weight is 610 g/mol.